The molecule has 0 saturated carbocycles. The Kier molecular flexibility index (Phi) is 6.97. The van der Waals surface area contributed by atoms with Gasteiger partial charge in [-0.2, -0.15) is 13.2 Å². The third-order valence-electron chi connectivity index (χ3n) is 6.24. The Bertz CT molecular complexity index is 1080. The highest BCUT2D eigenvalue weighted by atomic mass is 19.4. The minimum absolute atomic E-state index is 0.0378. The molecule has 35 heavy (non-hydrogen) atoms. The van der Waals surface area contributed by atoms with E-state index in [4.69, 9.17) is 14.6 Å². The Morgan fingerprint density at radius 3 is 2.20 bits per heavy atom. The van der Waals surface area contributed by atoms with Crippen molar-refractivity contribution < 1.29 is 42.1 Å². The van der Waals surface area contributed by atoms with Gasteiger partial charge in [0.25, 0.3) is 0 Å². The van der Waals surface area contributed by atoms with Crippen LogP contribution in [0.15, 0.2) is 48.5 Å². The number of fused-ring (bicyclic) bond motifs is 3. The molecule has 4 rings (SSSR count). The van der Waals surface area contributed by atoms with Gasteiger partial charge in [0.1, 0.15) is 6.61 Å². The van der Waals surface area contributed by atoms with Crippen LogP contribution in [0.3, 0.4) is 0 Å². The fourth-order valence-corrected chi connectivity index (χ4v) is 4.42. The third-order valence-corrected chi connectivity index (χ3v) is 6.24. The highest BCUT2D eigenvalue weighted by molar-refractivity contribution is 5.82. The Labute approximate surface area is 198 Å². The van der Waals surface area contributed by atoms with Crippen LogP contribution in [0.4, 0.5) is 18.0 Å². The maximum Gasteiger partial charge on any atom is 0.407 e. The molecule has 1 aliphatic heterocycles. The zero-order chi connectivity index (χ0) is 25.2. The van der Waals surface area contributed by atoms with Crippen molar-refractivity contribution in [3.63, 3.8) is 0 Å². The molecular formula is C24H23F3N2O6. The summed E-state index contributed by atoms with van der Waals surface area (Å²) < 4.78 is 49.1. The molecule has 2 amide bonds. The summed E-state index contributed by atoms with van der Waals surface area (Å²) in [7, 11) is 0. The number of alkyl carbamates (subject to hydrolysis) is 1. The molecule has 11 heteroatoms. The first-order valence-electron chi connectivity index (χ1n) is 10.9. The van der Waals surface area contributed by atoms with Crippen molar-refractivity contribution in [1.82, 2.24) is 10.6 Å². The van der Waals surface area contributed by atoms with Crippen molar-refractivity contribution >= 4 is 18.0 Å². The highest BCUT2D eigenvalue weighted by Gasteiger charge is 2.46. The van der Waals surface area contributed by atoms with Crippen LogP contribution >= 0.6 is 0 Å². The Morgan fingerprint density at radius 2 is 1.63 bits per heavy atom. The van der Waals surface area contributed by atoms with Crippen LogP contribution < -0.4 is 10.6 Å². The van der Waals surface area contributed by atoms with Gasteiger partial charge in [0.05, 0.1) is 25.2 Å². The van der Waals surface area contributed by atoms with E-state index >= 15 is 0 Å². The van der Waals surface area contributed by atoms with Gasteiger partial charge in [-0.25, -0.2) is 4.79 Å². The first-order valence-corrected chi connectivity index (χ1v) is 10.9. The van der Waals surface area contributed by atoms with E-state index in [1.807, 2.05) is 53.8 Å². The number of ether oxygens (including phenoxy) is 2. The normalized spacial score (nSPS) is 20.0. The van der Waals surface area contributed by atoms with Gasteiger partial charge in [0, 0.05) is 12.5 Å². The molecule has 2 aromatic carbocycles. The Morgan fingerprint density at radius 1 is 1.03 bits per heavy atom. The minimum Gasteiger partial charge on any atom is -0.481 e. The monoisotopic (exact) mass is 492 g/mol. The molecule has 8 nitrogen and oxygen atoms in total. The van der Waals surface area contributed by atoms with Crippen molar-refractivity contribution in [2.75, 3.05) is 26.4 Å². The maximum atomic E-state index is 12.8. The van der Waals surface area contributed by atoms with Crippen molar-refractivity contribution in [1.29, 1.82) is 0 Å². The summed E-state index contributed by atoms with van der Waals surface area (Å²) in [4.78, 5) is 35.7. The fourth-order valence-electron chi connectivity index (χ4n) is 4.42. The van der Waals surface area contributed by atoms with Crippen LogP contribution in [-0.4, -0.2) is 61.7 Å². The number of carboxylic acids is 1. The second kappa shape index (κ2) is 9.95. The van der Waals surface area contributed by atoms with Gasteiger partial charge in [-0.3, -0.25) is 9.59 Å². The van der Waals surface area contributed by atoms with E-state index in [-0.39, 0.29) is 25.7 Å². The minimum atomic E-state index is -5.01. The SMILES string of the molecule is O=C(NC1COCC1C(=O)NCC(C(=O)O)C(F)(F)F)OCC1c2ccccc2-c2ccccc21. The molecule has 0 radical (unpaired) electrons. The van der Waals surface area contributed by atoms with Crippen molar-refractivity contribution in [3.05, 3.63) is 59.7 Å². The number of carboxylic acid groups (broad SMARTS) is 1. The van der Waals surface area contributed by atoms with Crippen molar-refractivity contribution in [3.8, 4) is 11.1 Å². The van der Waals surface area contributed by atoms with E-state index in [1.54, 1.807) is 0 Å². The molecule has 0 bridgehead atoms. The lowest BCUT2D eigenvalue weighted by atomic mass is 9.98. The molecule has 0 spiro atoms. The summed E-state index contributed by atoms with van der Waals surface area (Å²) in [6.07, 6.45) is -5.80. The average molecular weight is 492 g/mol. The lowest BCUT2D eigenvalue weighted by Gasteiger charge is -2.21. The quantitative estimate of drug-likeness (QED) is 0.548. The Balaban J connectivity index is 1.34. The molecule has 3 atom stereocenters. The standard InChI is InChI=1S/C24H23F3N2O6/c25-24(26,27)19(22(31)32)9-28-21(30)18-10-34-12-20(18)29-23(33)35-11-17-15-7-3-1-5-13(15)14-6-2-4-8-16(14)17/h1-8,17-20H,9-12H2,(H,28,30)(H,29,33)(H,31,32). The number of hydrogen-bond donors (Lipinski definition) is 3. The molecule has 186 valence electrons. The van der Waals surface area contributed by atoms with Gasteiger partial charge < -0.3 is 25.2 Å². The van der Waals surface area contributed by atoms with E-state index in [0.717, 1.165) is 22.3 Å². The van der Waals surface area contributed by atoms with Gasteiger partial charge in [0.15, 0.2) is 5.92 Å². The number of aliphatic carboxylic acids is 1. The molecule has 2 aliphatic rings. The first-order chi connectivity index (χ1) is 16.7. The van der Waals surface area contributed by atoms with Crippen LogP contribution in [0.5, 0.6) is 0 Å². The summed E-state index contributed by atoms with van der Waals surface area (Å²) in [5.41, 5.74) is 4.19. The predicted octanol–water partition coefficient (Wildman–Crippen LogP) is 2.92. The molecule has 1 saturated heterocycles. The van der Waals surface area contributed by atoms with Gasteiger partial charge in [0.2, 0.25) is 5.91 Å². The van der Waals surface area contributed by atoms with E-state index in [1.165, 1.54) is 0 Å². The number of nitrogens with one attached hydrogen (secondary N) is 2. The van der Waals surface area contributed by atoms with E-state index in [0.29, 0.717) is 0 Å². The number of alkyl halides is 3. The van der Waals surface area contributed by atoms with Crippen LogP contribution in [-0.2, 0) is 19.1 Å². The Hall–Kier alpha value is -3.60. The van der Waals surface area contributed by atoms with Gasteiger partial charge in [-0.05, 0) is 22.3 Å². The summed E-state index contributed by atoms with van der Waals surface area (Å²) in [5.74, 6) is -6.82. The lowest BCUT2D eigenvalue weighted by molar-refractivity contribution is -0.192. The molecule has 1 heterocycles. The summed E-state index contributed by atoms with van der Waals surface area (Å²) in [6.45, 7) is -1.24. The van der Waals surface area contributed by atoms with Gasteiger partial charge >= 0.3 is 18.2 Å². The summed E-state index contributed by atoms with van der Waals surface area (Å²) in [5, 5.41) is 13.3. The van der Waals surface area contributed by atoms with Gasteiger partial charge in [-0.15, -0.1) is 0 Å². The van der Waals surface area contributed by atoms with Crippen LogP contribution in [0.2, 0.25) is 0 Å². The molecule has 3 unspecified atom stereocenters. The fraction of sp³-hybridized carbons (Fsp3) is 0.375. The van der Waals surface area contributed by atoms with Crippen molar-refractivity contribution in [2.45, 2.75) is 18.1 Å². The maximum absolute atomic E-state index is 12.8. The average Bonchev–Trinajstić information content (AvgIpc) is 3.39. The molecule has 1 fully saturated rings. The molecular weight excluding hydrogens is 469 g/mol. The second-order valence-corrected chi connectivity index (χ2v) is 8.40. The number of hydrogen-bond acceptors (Lipinski definition) is 5. The second-order valence-electron chi connectivity index (χ2n) is 8.40. The van der Waals surface area contributed by atoms with Gasteiger partial charge in [-0.1, -0.05) is 48.5 Å². The largest absolute Gasteiger partial charge is 0.481 e. The summed E-state index contributed by atoms with van der Waals surface area (Å²) in [6, 6.07) is 14.8. The number of amides is 2. The molecule has 2 aromatic rings. The molecule has 1 aliphatic carbocycles. The zero-order valence-corrected chi connectivity index (χ0v) is 18.4. The number of benzene rings is 2. The molecule has 3 N–H and O–H groups in total. The predicted molar refractivity (Wildman–Crippen MR) is 116 cm³/mol. The zero-order valence-electron chi connectivity index (χ0n) is 18.4. The van der Waals surface area contributed by atoms with Crippen LogP contribution in [0, 0.1) is 11.8 Å². The van der Waals surface area contributed by atoms with E-state index in [2.05, 4.69) is 5.32 Å². The topological polar surface area (TPSA) is 114 Å². The van der Waals surface area contributed by atoms with Crippen molar-refractivity contribution in [2.24, 2.45) is 11.8 Å². The smallest absolute Gasteiger partial charge is 0.407 e. The first kappa shape index (κ1) is 24.5. The third kappa shape index (κ3) is 5.24. The highest BCUT2D eigenvalue weighted by Crippen LogP contribution is 2.44. The number of carbonyl (C=O) groups excluding carboxylic acids is 2. The number of rotatable bonds is 7. The lowest BCUT2D eigenvalue weighted by Crippen LogP contribution is -2.49. The van der Waals surface area contributed by atoms with E-state index in [9.17, 15) is 27.6 Å². The number of halogens is 3. The van der Waals surface area contributed by atoms with Crippen LogP contribution in [0.25, 0.3) is 11.1 Å². The van der Waals surface area contributed by atoms with Crippen LogP contribution in [0.1, 0.15) is 17.0 Å². The molecule has 0 aromatic heterocycles. The summed E-state index contributed by atoms with van der Waals surface area (Å²) >= 11 is 0. The van der Waals surface area contributed by atoms with E-state index < -0.39 is 48.6 Å². The number of carbonyl (C=O) groups is 3.